The molecule has 154 valence electrons. The molecule has 0 amide bonds. The molecule has 1 aliphatic rings. The van der Waals surface area contributed by atoms with Gasteiger partial charge in [-0.2, -0.15) is 5.26 Å². The van der Waals surface area contributed by atoms with Crippen LogP contribution in [0.5, 0.6) is 0 Å². The van der Waals surface area contributed by atoms with Crippen LogP contribution in [-0.2, 0) is 26.7 Å². The third-order valence-electron chi connectivity index (χ3n) is 4.61. The number of sulfone groups is 1. The maximum Gasteiger partial charge on any atom is 0.269 e. The SMILES string of the molecule is CC(C)(C)[S+]([O-])N[C@](C)(CS(=O)(=O)C1(C#N)CC1)c1cc([N+](=O)[O-])ccc1F. The molecule has 11 heteroatoms. The summed E-state index contributed by atoms with van der Waals surface area (Å²) >= 11 is -1.81. The molecule has 28 heavy (non-hydrogen) atoms. The van der Waals surface area contributed by atoms with Crippen LogP contribution in [0.25, 0.3) is 0 Å². The fourth-order valence-corrected chi connectivity index (χ4v) is 5.81. The fraction of sp³-hybridized carbons (Fsp3) is 0.588. The van der Waals surface area contributed by atoms with E-state index in [1.165, 1.54) is 6.92 Å². The van der Waals surface area contributed by atoms with Crippen molar-refractivity contribution in [2.24, 2.45) is 0 Å². The fourth-order valence-electron chi connectivity index (χ4n) is 2.69. The normalized spacial score (nSPS) is 19.3. The number of nitriles is 1. The van der Waals surface area contributed by atoms with Crippen LogP contribution in [0.1, 0.15) is 46.1 Å². The van der Waals surface area contributed by atoms with E-state index in [0.717, 1.165) is 18.2 Å². The number of hydrogen-bond acceptors (Lipinski definition) is 7. The largest absolute Gasteiger partial charge is 0.598 e. The Morgan fingerprint density at radius 1 is 1.36 bits per heavy atom. The number of nitro benzene ring substituents is 1. The minimum atomic E-state index is -4.04. The van der Waals surface area contributed by atoms with Crippen molar-refractivity contribution in [2.45, 2.75) is 55.6 Å². The van der Waals surface area contributed by atoms with Crippen LogP contribution in [0, 0.1) is 27.3 Å². The highest BCUT2D eigenvalue weighted by Gasteiger charge is 2.58. The van der Waals surface area contributed by atoms with Crippen molar-refractivity contribution in [3.8, 4) is 6.07 Å². The molecule has 0 heterocycles. The first-order valence-corrected chi connectivity index (χ1v) is 11.3. The molecule has 1 saturated carbocycles. The maximum atomic E-state index is 14.6. The lowest BCUT2D eigenvalue weighted by molar-refractivity contribution is -0.385. The predicted octanol–water partition coefficient (Wildman–Crippen LogP) is 2.47. The van der Waals surface area contributed by atoms with Crippen LogP contribution >= 0.6 is 0 Å². The first-order valence-electron chi connectivity index (χ1n) is 8.45. The average Bonchev–Trinajstić information content (AvgIpc) is 3.35. The number of non-ortho nitro benzene ring substituents is 1. The molecule has 0 aliphatic heterocycles. The van der Waals surface area contributed by atoms with Gasteiger partial charge in [-0.1, -0.05) is 0 Å². The van der Waals surface area contributed by atoms with E-state index in [2.05, 4.69) is 4.72 Å². The third kappa shape index (κ3) is 4.30. The van der Waals surface area contributed by atoms with E-state index in [4.69, 9.17) is 0 Å². The van der Waals surface area contributed by atoms with Gasteiger partial charge in [-0.25, -0.2) is 12.8 Å². The highest BCUT2D eigenvalue weighted by molar-refractivity contribution is 7.93. The van der Waals surface area contributed by atoms with Gasteiger partial charge in [0, 0.05) is 29.1 Å². The summed E-state index contributed by atoms with van der Waals surface area (Å²) < 4.78 is 53.4. The molecule has 1 aliphatic carbocycles. The minimum absolute atomic E-state index is 0.168. The summed E-state index contributed by atoms with van der Waals surface area (Å²) in [5.41, 5.74) is -2.47. The van der Waals surface area contributed by atoms with Gasteiger partial charge in [0.1, 0.15) is 16.1 Å². The second-order valence-electron chi connectivity index (χ2n) is 8.10. The second-order valence-corrected chi connectivity index (χ2v) is 12.4. The maximum absolute atomic E-state index is 14.6. The second kappa shape index (κ2) is 7.26. The molecular weight excluding hydrogens is 409 g/mol. The molecule has 1 aromatic rings. The van der Waals surface area contributed by atoms with Crippen LogP contribution in [0.2, 0.25) is 0 Å². The number of nitrogens with one attached hydrogen (secondary N) is 1. The lowest BCUT2D eigenvalue weighted by Crippen LogP contribution is -2.54. The number of nitrogens with zero attached hydrogens (tertiary/aromatic N) is 2. The van der Waals surface area contributed by atoms with Gasteiger partial charge in [0.2, 0.25) is 0 Å². The van der Waals surface area contributed by atoms with Crippen molar-refractivity contribution in [1.82, 2.24) is 4.72 Å². The van der Waals surface area contributed by atoms with Gasteiger partial charge in [-0.05, 0) is 46.6 Å². The summed E-state index contributed by atoms with van der Waals surface area (Å²) in [4.78, 5) is 10.4. The Morgan fingerprint density at radius 3 is 2.36 bits per heavy atom. The van der Waals surface area contributed by atoms with E-state index in [0.29, 0.717) is 0 Å². The zero-order chi connectivity index (χ0) is 21.5. The van der Waals surface area contributed by atoms with E-state index in [9.17, 15) is 32.7 Å². The first kappa shape index (κ1) is 22.5. The number of halogens is 1. The molecule has 0 radical (unpaired) electrons. The van der Waals surface area contributed by atoms with Gasteiger partial charge in [0.05, 0.1) is 16.7 Å². The molecule has 8 nitrogen and oxygen atoms in total. The monoisotopic (exact) mass is 431 g/mol. The van der Waals surface area contributed by atoms with Crippen molar-refractivity contribution in [1.29, 1.82) is 5.26 Å². The lowest BCUT2D eigenvalue weighted by atomic mass is 9.94. The van der Waals surface area contributed by atoms with Gasteiger partial charge in [-0.3, -0.25) is 10.1 Å². The first-order chi connectivity index (χ1) is 12.7. The van der Waals surface area contributed by atoms with Crippen molar-refractivity contribution in [3.05, 3.63) is 39.7 Å². The standard InChI is InChI=1S/C17H22FN3O5S2/c1-15(2,3)27(24)20-16(4,11-28(25,26)17(10-19)7-8-17)13-9-12(21(22)23)5-6-14(13)18/h5-6,9,20H,7-8,11H2,1-4H3/t16-,27?/m1/s1. The van der Waals surface area contributed by atoms with Crippen LogP contribution in [0.4, 0.5) is 10.1 Å². The van der Waals surface area contributed by atoms with Gasteiger partial charge < -0.3 is 4.55 Å². The van der Waals surface area contributed by atoms with Crippen molar-refractivity contribution >= 4 is 26.9 Å². The topological polar surface area (TPSA) is 136 Å². The Kier molecular flexibility index (Phi) is 5.84. The molecule has 0 bridgehead atoms. The summed E-state index contributed by atoms with van der Waals surface area (Å²) in [7, 11) is -4.04. The van der Waals surface area contributed by atoms with Gasteiger partial charge in [0.25, 0.3) is 5.69 Å². The molecule has 2 atom stereocenters. The van der Waals surface area contributed by atoms with Crippen molar-refractivity contribution in [2.75, 3.05) is 5.75 Å². The zero-order valence-electron chi connectivity index (χ0n) is 16.0. The highest BCUT2D eigenvalue weighted by Crippen LogP contribution is 2.45. The summed E-state index contributed by atoms with van der Waals surface area (Å²) in [5, 5.41) is 20.4. The zero-order valence-corrected chi connectivity index (χ0v) is 17.6. The molecule has 2 rings (SSSR count). The molecule has 0 saturated heterocycles. The van der Waals surface area contributed by atoms with Crippen LogP contribution < -0.4 is 4.72 Å². The van der Waals surface area contributed by atoms with Gasteiger partial charge in [-0.15, -0.1) is 4.72 Å². The average molecular weight is 432 g/mol. The minimum Gasteiger partial charge on any atom is -0.598 e. The Labute approximate surface area is 166 Å². The number of hydrogen-bond donors (Lipinski definition) is 1. The molecule has 0 aromatic heterocycles. The molecule has 1 N–H and O–H groups in total. The molecule has 1 fully saturated rings. The molecule has 0 spiro atoms. The Bertz CT molecular complexity index is 935. The van der Waals surface area contributed by atoms with Crippen LogP contribution in [0.3, 0.4) is 0 Å². The predicted molar refractivity (Wildman–Crippen MR) is 103 cm³/mol. The van der Waals surface area contributed by atoms with Crippen molar-refractivity contribution < 1.29 is 22.3 Å². The Morgan fingerprint density at radius 2 is 1.93 bits per heavy atom. The Balaban J connectivity index is 2.59. The van der Waals surface area contributed by atoms with Crippen LogP contribution in [-0.4, -0.2) is 33.1 Å². The quantitative estimate of drug-likeness (QED) is 0.398. The van der Waals surface area contributed by atoms with E-state index in [1.54, 1.807) is 26.8 Å². The molecule has 1 unspecified atom stereocenters. The van der Waals surface area contributed by atoms with E-state index < -0.39 is 58.4 Å². The Hall–Kier alpha value is -1.74. The van der Waals surface area contributed by atoms with E-state index in [1.807, 2.05) is 0 Å². The van der Waals surface area contributed by atoms with Crippen LogP contribution in [0.15, 0.2) is 18.2 Å². The summed E-state index contributed by atoms with van der Waals surface area (Å²) in [5.74, 6) is -1.60. The van der Waals surface area contributed by atoms with E-state index in [-0.39, 0.29) is 18.4 Å². The number of nitro groups is 1. The van der Waals surface area contributed by atoms with Crippen molar-refractivity contribution in [3.63, 3.8) is 0 Å². The lowest BCUT2D eigenvalue weighted by Gasteiger charge is -2.35. The third-order valence-corrected chi connectivity index (χ3v) is 9.01. The molecular formula is C17H22FN3O5S2. The summed E-state index contributed by atoms with van der Waals surface area (Å²) in [6.07, 6.45) is 0.337. The summed E-state index contributed by atoms with van der Waals surface area (Å²) in [6, 6.07) is 4.57. The number of rotatable bonds is 7. The number of benzene rings is 1. The highest BCUT2D eigenvalue weighted by atomic mass is 32.2. The van der Waals surface area contributed by atoms with E-state index >= 15 is 0 Å². The molecule has 1 aromatic carbocycles. The van der Waals surface area contributed by atoms with Gasteiger partial charge >= 0.3 is 0 Å². The summed E-state index contributed by atoms with van der Waals surface area (Å²) in [6.45, 7) is 6.26. The van der Waals surface area contributed by atoms with Gasteiger partial charge in [0.15, 0.2) is 14.6 Å². The smallest absolute Gasteiger partial charge is 0.269 e.